The Morgan fingerprint density at radius 1 is 0.905 bits per heavy atom. The van der Waals surface area contributed by atoms with Crippen molar-refractivity contribution in [3.63, 3.8) is 0 Å². The average molecular weight is 596 g/mol. The third kappa shape index (κ3) is 8.72. The molecule has 0 heterocycles. The molecule has 0 saturated carbocycles. The average Bonchev–Trinajstić information content (AvgIpc) is 2.97. The van der Waals surface area contributed by atoms with Gasteiger partial charge in [0.25, 0.3) is 0 Å². The molecular weight excluding hydrogens is 554 g/mol. The van der Waals surface area contributed by atoms with E-state index in [-0.39, 0.29) is 30.6 Å². The van der Waals surface area contributed by atoms with Gasteiger partial charge in [-0.2, -0.15) is 0 Å². The Labute approximate surface area is 249 Å². The standard InChI is InChI=1S/C32H41N3O6S/c1-7-24(3)33-32(37)28(19-25-11-9-8-10-12-25)34(21-26-15-13-23(2)14-16-26)31(36)22-35(42(6,38)39)27-17-18-29(40-4)30(20-27)41-5/h8-18,20,24,28H,7,19,21-22H2,1-6H3,(H,33,37)/t24-,28+/m0/s1. The lowest BCUT2D eigenvalue weighted by atomic mass is 10.0. The zero-order valence-electron chi connectivity index (χ0n) is 25.2. The van der Waals surface area contributed by atoms with Crippen molar-refractivity contribution in [2.24, 2.45) is 0 Å². The lowest BCUT2D eigenvalue weighted by molar-refractivity contribution is -0.140. The number of methoxy groups -OCH3 is 2. The number of hydrogen-bond donors (Lipinski definition) is 1. The van der Waals surface area contributed by atoms with Gasteiger partial charge in [0.2, 0.25) is 21.8 Å². The molecular formula is C32H41N3O6S. The third-order valence-corrected chi connectivity index (χ3v) is 8.22. The van der Waals surface area contributed by atoms with Gasteiger partial charge >= 0.3 is 0 Å². The smallest absolute Gasteiger partial charge is 0.244 e. The topological polar surface area (TPSA) is 105 Å². The van der Waals surface area contributed by atoms with Crippen LogP contribution < -0.4 is 19.1 Å². The predicted octanol–water partition coefficient (Wildman–Crippen LogP) is 4.33. The normalized spacial score (nSPS) is 12.6. The van der Waals surface area contributed by atoms with Crippen LogP contribution in [0.3, 0.4) is 0 Å². The summed E-state index contributed by atoms with van der Waals surface area (Å²) < 4.78 is 37.7. The van der Waals surface area contributed by atoms with Gasteiger partial charge in [-0.05, 0) is 43.5 Å². The highest BCUT2D eigenvalue weighted by Crippen LogP contribution is 2.32. The van der Waals surface area contributed by atoms with Crippen molar-refractivity contribution in [2.75, 3.05) is 31.3 Å². The number of hydrogen-bond acceptors (Lipinski definition) is 6. The zero-order valence-corrected chi connectivity index (χ0v) is 26.0. The van der Waals surface area contributed by atoms with Crippen molar-refractivity contribution in [3.05, 3.63) is 89.5 Å². The number of nitrogens with one attached hydrogen (secondary N) is 1. The SMILES string of the molecule is CC[C@H](C)NC(=O)[C@@H](Cc1ccccc1)N(Cc1ccc(C)cc1)C(=O)CN(c1ccc(OC)c(OC)c1)S(C)(=O)=O. The second-order valence-corrected chi connectivity index (χ2v) is 12.2. The van der Waals surface area contributed by atoms with Crippen LogP contribution in [0.5, 0.6) is 11.5 Å². The maximum atomic E-state index is 14.2. The Morgan fingerprint density at radius 3 is 2.12 bits per heavy atom. The van der Waals surface area contributed by atoms with E-state index in [4.69, 9.17) is 9.47 Å². The molecule has 0 spiro atoms. The summed E-state index contributed by atoms with van der Waals surface area (Å²) in [6, 6.07) is 20.8. The minimum absolute atomic E-state index is 0.105. The number of aryl methyl sites for hydroxylation is 1. The van der Waals surface area contributed by atoms with Crippen LogP contribution in [0.25, 0.3) is 0 Å². The molecule has 1 N–H and O–H groups in total. The van der Waals surface area contributed by atoms with Crippen molar-refractivity contribution < 1.29 is 27.5 Å². The van der Waals surface area contributed by atoms with Crippen LogP contribution >= 0.6 is 0 Å². The van der Waals surface area contributed by atoms with Gasteiger partial charge in [-0.1, -0.05) is 67.1 Å². The fraction of sp³-hybridized carbons (Fsp3) is 0.375. The molecule has 42 heavy (non-hydrogen) atoms. The largest absolute Gasteiger partial charge is 0.493 e. The molecule has 3 aromatic carbocycles. The summed E-state index contributed by atoms with van der Waals surface area (Å²) in [6.45, 7) is 5.46. The maximum Gasteiger partial charge on any atom is 0.244 e. The number of anilines is 1. The zero-order chi connectivity index (χ0) is 30.9. The molecule has 0 aliphatic carbocycles. The van der Waals surface area contributed by atoms with Crippen molar-refractivity contribution in [1.82, 2.24) is 10.2 Å². The second kappa shape index (κ2) is 14.7. The number of benzene rings is 3. The molecule has 0 bridgehead atoms. The highest BCUT2D eigenvalue weighted by molar-refractivity contribution is 7.92. The van der Waals surface area contributed by atoms with Crippen LogP contribution in [-0.4, -0.2) is 64.2 Å². The molecule has 0 fully saturated rings. The summed E-state index contributed by atoms with van der Waals surface area (Å²) in [5.41, 5.74) is 3.00. The number of ether oxygens (including phenoxy) is 2. The molecule has 3 rings (SSSR count). The first kappa shape index (κ1) is 32.5. The van der Waals surface area contributed by atoms with E-state index >= 15 is 0 Å². The van der Waals surface area contributed by atoms with Crippen molar-refractivity contribution >= 4 is 27.5 Å². The Morgan fingerprint density at radius 2 is 1.55 bits per heavy atom. The Balaban J connectivity index is 2.07. The molecule has 9 nitrogen and oxygen atoms in total. The van der Waals surface area contributed by atoms with Gasteiger partial charge in [0, 0.05) is 25.1 Å². The molecule has 226 valence electrons. The number of carbonyl (C=O) groups is 2. The van der Waals surface area contributed by atoms with E-state index in [1.165, 1.54) is 25.2 Å². The number of sulfonamides is 1. The van der Waals surface area contributed by atoms with E-state index in [9.17, 15) is 18.0 Å². The molecule has 2 amide bonds. The fourth-order valence-electron chi connectivity index (χ4n) is 4.48. The molecule has 0 aliphatic rings. The third-order valence-electron chi connectivity index (χ3n) is 7.08. The first-order valence-corrected chi connectivity index (χ1v) is 15.7. The Hall–Kier alpha value is -4.05. The summed E-state index contributed by atoms with van der Waals surface area (Å²) in [6.07, 6.45) is 2.02. The van der Waals surface area contributed by atoms with E-state index in [1.807, 2.05) is 75.4 Å². The quantitative estimate of drug-likeness (QED) is 0.298. The minimum atomic E-state index is -3.91. The van der Waals surface area contributed by atoms with Crippen molar-refractivity contribution in [1.29, 1.82) is 0 Å². The first-order valence-electron chi connectivity index (χ1n) is 13.9. The summed E-state index contributed by atoms with van der Waals surface area (Å²) in [5, 5.41) is 3.03. The summed E-state index contributed by atoms with van der Waals surface area (Å²) in [4.78, 5) is 29.4. The van der Waals surface area contributed by atoms with Crippen LogP contribution in [0.1, 0.15) is 37.0 Å². The molecule has 3 aromatic rings. The number of amides is 2. The second-order valence-electron chi connectivity index (χ2n) is 10.3. The first-order chi connectivity index (χ1) is 20.0. The summed E-state index contributed by atoms with van der Waals surface area (Å²) in [5.74, 6) is -0.0733. The van der Waals surface area contributed by atoms with Gasteiger partial charge in [-0.25, -0.2) is 8.42 Å². The molecule has 10 heteroatoms. The van der Waals surface area contributed by atoms with Gasteiger partial charge in [-0.3, -0.25) is 13.9 Å². The highest BCUT2D eigenvalue weighted by atomic mass is 32.2. The molecule has 2 atom stereocenters. The van der Waals surface area contributed by atoms with E-state index in [0.717, 1.165) is 33.7 Å². The van der Waals surface area contributed by atoms with E-state index in [2.05, 4.69) is 5.32 Å². The van der Waals surface area contributed by atoms with Crippen molar-refractivity contribution in [3.8, 4) is 11.5 Å². The number of carbonyl (C=O) groups excluding carboxylic acids is 2. The van der Waals surface area contributed by atoms with Crippen LogP contribution in [0.2, 0.25) is 0 Å². The summed E-state index contributed by atoms with van der Waals surface area (Å²) in [7, 11) is -0.977. The molecule has 0 radical (unpaired) electrons. The Bertz CT molecular complexity index is 1440. The van der Waals surface area contributed by atoms with Gasteiger partial charge < -0.3 is 19.7 Å². The van der Waals surface area contributed by atoms with Gasteiger partial charge in [0.05, 0.1) is 26.2 Å². The van der Waals surface area contributed by atoms with Crippen LogP contribution in [-0.2, 0) is 32.6 Å². The van der Waals surface area contributed by atoms with Gasteiger partial charge in [-0.15, -0.1) is 0 Å². The van der Waals surface area contributed by atoms with Crippen LogP contribution in [0.4, 0.5) is 5.69 Å². The monoisotopic (exact) mass is 595 g/mol. The lowest BCUT2D eigenvalue weighted by Crippen LogP contribution is -2.54. The molecule has 0 aliphatic heterocycles. The number of nitrogens with zero attached hydrogens (tertiary/aromatic N) is 2. The maximum absolute atomic E-state index is 14.2. The summed E-state index contributed by atoms with van der Waals surface area (Å²) >= 11 is 0. The van der Waals surface area contributed by atoms with Crippen LogP contribution in [0, 0.1) is 6.92 Å². The molecule has 0 unspecified atom stereocenters. The van der Waals surface area contributed by atoms with E-state index < -0.39 is 28.5 Å². The van der Waals surface area contributed by atoms with E-state index in [1.54, 1.807) is 12.1 Å². The Kier molecular flexibility index (Phi) is 11.4. The minimum Gasteiger partial charge on any atom is -0.493 e. The predicted molar refractivity (Wildman–Crippen MR) is 165 cm³/mol. The molecule has 0 aromatic heterocycles. The number of rotatable bonds is 14. The van der Waals surface area contributed by atoms with E-state index in [0.29, 0.717) is 11.5 Å². The van der Waals surface area contributed by atoms with Crippen molar-refractivity contribution in [2.45, 2.75) is 52.2 Å². The highest BCUT2D eigenvalue weighted by Gasteiger charge is 2.33. The van der Waals surface area contributed by atoms with Gasteiger partial charge in [0.1, 0.15) is 12.6 Å². The van der Waals surface area contributed by atoms with Crippen LogP contribution in [0.15, 0.2) is 72.8 Å². The van der Waals surface area contributed by atoms with Gasteiger partial charge in [0.15, 0.2) is 11.5 Å². The molecule has 0 saturated heterocycles. The fourth-order valence-corrected chi connectivity index (χ4v) is 5.32. The lowest BCUT2D eigenvalue weighted by Gasteiger charge is -2.34.